The van der Waals surface area contributed by atoms with Crippen molar-refractivity contribution in [2.75, 3.05) is 11.4 Å². The first kappa shape index (κ1) is 16.6. The maximum Gasteiger partial charge on any atom is 0.253 e. The molecule has 1 aliphatic rings. The Hall–Kier alpha value is -2.21. The van der Waals surface area contributed by atoms with Gasteiger partial charge in [-0.2, -0.15) is 0 Å². The van der Waals surface area contributed by atoms with E-state index in [0.29, 0.717) is 23.0 Å². The van der Waals surface area contributed by atoms with Gasteiger partial charge < -0.3 is 10.2 Å². The van der Waals surface area contributed by atoms with Crippen molar-refractivity contribution >= 4 is 33.4 Å². The van der Waals surface area contributed by atoms with Gasteiger partial charge in [0, 0.05) is 16.7 Å². The average molecular weight is 391 g/mol. The average Bonchev–Trinajstić information content (AvgIpc) is 2.57. The molecule has 6 heteroatoms. The molecule has 4 nitrogen and oxygen atoms in total. The topological polar surface area (TPSA) is 49.4 Å². The lowest BCUT2D eigenvalue weighted by Gasteiger charge is -2.32. The highest BCUT2D eigenvalue weighted by atomic mass is 79.9. The Bertz CT molecular complexity index is 767. The van der Waals surface area contributed by atoms with Gasteiger partial charge in [-0.1, -0.05) is 18.2 Å². The third kappa shape index (κ3) is 3.48. The normalized spacial score (nSPS) is 17.7. The largest absolute Gasteiger partial charge is 0.340 e. The highest BCUT2D eigenvalue weighted by Gasteiger charge is 2.31. The van der Waals surface area contributed by atoms with Crippen LogP contribution in [0.2, 0.25) is 0 Å². The second-order valence-corrected chi connectivity index (χ2v) is 6.47. The SMILES string of the molecule is O=C(NC1CCCN(c2ccccc2)C1=O)c1ccc(F)cc1Br. The molecule has 1 heterocycles. The summed E-state index contributed by atoms with van der Waals surface area (Å²) in [6.07, 6.45) is 1.39. The number of hydrogen-bond donors (Lipinski definition) is 1. The van der Waals surface area contributed by atoms with Crippen LogP contribution >= 0.6 is 15.9 Å². The third-order valence-corrected chi connectivity index (χ3v) is 4.64. The molecule has 0 bridgehead atoms. The number of anilines is 1. The molecule has 124 valence electrons. The van der Waals surface area contributed by atoms with E-state index in [1.54, 1.807) is 4.90 Å². The zero-order valence-corrected chi connectivity index (χ0v) is 14.4. The van der Waals surface area contributed by atoms with Crippen molar-refractivity contribution in [3.8, 4) is 0 Å². The molecular weight excluding hydrogens is 375 g/mol. The summed E-state index contributed by atoms with van der Waals surface area (Å²) in [5.41, 5.74) is 1.13. The third-order valence-electron chi connectivity index (χ3n) is 3.99. The highest BCUT2D eigenvalue weighted by molar-refractivity contribution is 9.10. The first-order valence-corrected chi connectivity index (χ1v) is 8.48. The van der Waals surface area contributed by atoms with E-state index in [1.807, 2.05) is 30.3 Å². The first-order chi connectivity index (χ1) is 11.6. The molecule has 0 saturated carbocycles. The zero-order chi connectivity index (χ0) is 17.1. The molecule has 1 N–H and O–H groups in total. The van der Waals surface area contributed by atoms with E-state index in [0.717, 1.165) is 12.1 Å². The van der Waals surface area contributed by atoms with Gasteiger partial charge in [0.15, 0.2) is 0 Å². The van der Waals surface area contributed by atoms with Gasteiger partial charge in [-0.05, 0) is 59.1 Å². The molecule has 1 atom stereocenters. The van der Waals surface area contributed by atoms with E-state index in [-0.39, 0.29) is 5.91 Å². The van der Waals surface area contributed by atoms with Crippen LogP contribution in [0.4, 0.5) is 10.1 Å². The minimum atomic E-state index is -0.580. The number of amides is 2. The lowest BCUT2D eigenvalue weighted by Crippen LogP contribution is -2.52. The van der Waals surface area contributed by atoms with Crippen LogP contribution in [0.25, 0.3) is 0 Å². The molecule has 24 heavy (non-hydrogen) atoms. The summed E-state index contributed by atoms with van der Waals surface area (Å²) < 4.78 is 13.5. The fourth-order valence-electron chi connectivity index (χ4n) is 2.78. The maximum absolute atomic E-state index is 13.1. The minimum Gasteiger partial charge on any atom is -0.340 e. The monoisotopic (exact) mass is 390 g/mol. The summed E-state index contributed by atoms with van der Waals surface area (Å²) in [6.45, 7) is 0.634. The number of nitrogens with one attached hydrogen (secondary N) is 1. The van der Waals surface area contributed by atoms with Crippen LogP contribution in [-0.4, -0.2) is 24.4 Å². The quantitative estimate of drug-likeness (QED) is 0.871. The Labute approximate surface area is 147 Å². The molecule has 1 saturated heterocycles. The van der Waals surface area contributed by atoms with Crippen molar-refractivity contribution in [2.24, 2.45) is 0 Å². The van der Waals surface area contributed by atoms with E-state index in [1.165, 1.54) is 18.2 Å². The van der Waals surface area contributed by atoms with Crippen LogP contribution in [0.3, 0.4) is 0 Å². The Morgan fingerprint density at radius 1 is 1.21 bits per heavy atom. The molecule has 2 aromatic carbocycles. The second-order valence-electron chi connectivity index (χ2n) is 5.62. The molecule has 1 aliphatic heterocycles. The standard InChI is InChI=1S/C18H16BrFN2O2/c19-15-11-12(20)8-9-14(15)17(23)21-16-7-4-10-22(18(16)24)13-5-2-1-3-6-13/h1-3,5-6,8-9,11,16H,4,7,10H2,(H,21,23). The summed E-state index contributed by atoms with van der Waals surface area (Å²) in [4.78, 5) is 26.8. The lowest BCUT2D eigenvalue weighted by molar-refractivity contribution is -0.121. The lowest BCUT2D eigenvalue weighted by atomic mass is 10.0. The number of carbonyl (C=O) groups excluding carboxylic acids is 2. The highest BCUT2D eigenvalue weighted by Crippen LogP contribution is 2.22. The number of hydrogen-bond acceptors (Lipinski definition) is 2. The van der Waals surface area contributed by atoms with Gasteiger partial charge in [0.2, 0.25) is 5.91 Å². The van der Waals surface area contributed by atoms with Crippen LogP contribution in [0.15, 0.2) is 53.0 Å². The van der Waals surface area contributed by atoms with Crippen LogP contribution < -0.4 is 10.2 Å². The van der Waals surface area contributed by atoms with Gasteiger partial charge in [-0.3, -0.25) is 9.59 Å². The van der Waals surface area contributed by atoms with E-state index >= 15 is 0 Å². The molecule has 2 aromatic rings. The molecule has 0 spiro atoms. The van der Waals surface area contributed by atoms with Crippen molar-refractivity contribution in [3.63, 3.8) is 0 Å². The molecule has 0 radical (unpaired) electrons. The number of carbonyl (C=O) groups is 2. The number of rotatable bonds is 3. The van der Waals surface area contributed by atoms with Crippen LogP contribution in [0, 0.1) is 5.82 Å². The second kappa shape index (κ2) is 7.13. The van der Waals surface area contributed by atoms with Gasteiger partial charge >= 0.3 is 0 Å². The predicted molar refractivity (Wildman–Crippen MR) is 93.4 cm³/mol. The van der Waals surface area contributed by atoms with Crippen molar-refractivity contribution in [1.82, 2.24) is 5.32 Å². The summed E-state index contributed by atoms with van der Waals surface area (Å²) in [7, 11) is 0. The molecule has 3 rings (SSSR count). The number of para-hydroxylation sites is 1. The summed E-state index contributed by atoms with van der Waals surface area (Å²) in [6, 6.07) is 12.7. The van der Waals surface area contributed by atoms with Gasteiger partial charge in [-0.25, -0.2) is 4.39 Å². The summed E-state index contributed by atoms with van der Waals surface area (Å²) >= 11 is 3.18. The van der Waals surface area contributed by atoms with Crippen molar-refractivity contribution in [2.45, 2.75) is 18.9 Å². The van der Waals surface area contributed by atoms with Crippen LogP contribution in [0.5, 0.6) is 0 Å². The Kier molecular flexibility index (Phi) is 4.94. The van der Waals surface area contributed by atoms with Crippen LogP contribution in [-0.2, 0) is 4.79 Å². The Balaban J connectivity index is 1.75. The smallest absolute Gasteiger partial charge is 0.253 e. The number of benzene rings is 2. The molecule has 0 aromatic heterocycles. The van der Waals surface area contributed by atoms with E-state index in [2.05, 4.69) is 21.2 Å². The number of halogens is 2. The fourth-order valence-corrected chi connectivity index (χ4v) is 3.31. The Morgan fingerprint density at radius 3 is 2.67 bits per heavy atom. The zero-order valence-electron chi connectivity index (χ0n) is 12.8. The van der Waals surface area contributed by atoms with E-state index in [4.69, 9.17) is 0 Å². The van der Waals surface area contributed by atoms with E-state index in [9.17, 15) is 14.0 Å². The van der Waals surface area contributed by atoms with Crippen LogP contribution in [0.1, 0.15) is 23.2 Å². The summed E-state index contributed by atoms with van der Waals surface area (Å²) in [5.74, 6) is -0.948. The summed E-state index contributed by atoms with van der Waals surface area (Å²) in [5, 5.41) is 2.76. The maximum atomic E-state index is 13.1. The molecular formula is C18H16BrFN2O2. The van der Waals surface area contributed by atoms with Crippen molar-refractivity contribution in [3.05, 3.63) is 64.4 Å². The van der Waals surface area contributed by atoms with Gasteiger partial charge in [0.25, 0.3) is 5.91 Å². The molecule has 2 amide bonds. The Morgan fingerprint density at radius 2 is 1.96 bits per heavy atom. The van der Waals surface area contributed by atoms with E-state index < -0.39 is 17.8 Å². The van der Waals surface area contributed by atoms with Gasteiger partial charge in [0.1, 0.15) is 11.9 Å². The number of nitrogens with zero attached hydrogens (tertiary/aromatic N) is 1. The fraction of sp³-hybridized carbons (Fsp3) is 0.222. The molecule has 1 fully saturated rings. The number of piperidine rings is 1. The molecule has 1 unspecified atom stereocenters. The minimum absolute atomic E-state index is 0.126. The van der Waals surface area contributed by atoms with Crippen molar-refractivity contribution < 1.29 is 14.0 Å². The first-order valence-electron chi connectivity index (χ1n) is 7.68. The van der Waals surface area contributed by atoms with Crippen molar-refractivity contribution in [1.29, 1.82) is 0 Å². The molecule has 0 aliphatic carbocycles. The van der Waals surface area contributed by atoms with Gasteiger partial charge in [-0.15, -0.1) is 0 Å². The van der Waals surface area contributed by atoms with Gasteiger partial charge in [0.05, 0.1) is 5.56 Å². The predicted octanol–water partition coefficient (Wildman–Crippen LogP) is 3.51.